The summed E-state index contributed by atoms with van der Waals surface area (Å²) in [6.07, 6.45) is 0. The Kier molecular flexibility index (Phi) is 12.0. The Morgan fingerprint density at radius 1 is 0.689 bits per heavy atom. The molecule has 1 heterocycles. The van der Waals surface area contributed by atoms with E-state index in [9.17, 15) is 26.4 Å². The zero-order chi connectivity index (χ0) is 34.6. The summed E-state index contributed by atoms with van der Waals surface area (Å²) >= 11 is 1.27. The summed E-state index contributed by atoms with van der Waals surface area (Å²) in [6.45, 7) is 18.4. The molecule has 0 fully saturated rings. The van der Waals surface area contributed by atoms with E-state index >= 15 is 0 Å². The molecule has 0 aliphatic carbocycles. The van der Waals surface area contributed by atoms with E-state index in [2.05, 4.69) is 36.4 Å². The number of carbonyl (C=O) groups excluding carboxylic acids is 2. The van der Waals surface area contributed by atoms with Crippen molar-refractivity contribution < 1.29 is 26.4 Å². The van der Waals surface area contributed by atoms with Crippen LogP contribution in [0.4, 0.5) is 10.8 Å². The van der Waals surface area contributed by atoms with E-state index in [1.807, 2.05) is 47.8 Å². The molecular formula is C33H47N3O6S3. The van der Waals surface area contributed by atoms with Crippen molar-refractivity contribution in [1.29, 1.82) is 0 Å². The number of amides is 2. The predicted octanol–water partition coefficient (Wildman–Crippen LogP) is 6.87. The first-order valence-electron chi connectivity index (χ1n) is 14.7. The molecule has 248 valence electrons. The second-order valence-corrected chi connectivity index (χ2v) is 20.3. The Morgan fingerprint density at radius 3 is 1.56 bits per heavy atom. The van der Waals surface area contributed by atoms with E-state index in [-0.39, 0.29) is 5.41 Å². The molecule has 2 amide bonds. The van der Waals surface area contributed by atoms with Gasteiger partial charge in [0.2, 0.25) is 11.8 Å². The van der Waals surface area contributed by atoms with Crippen LogP contribution in [-0.2, 0) is 34.7 Å². The molecule has 0 spiro atoms. The van der Waals surface area contributed by atoms with Gasteiger partial charge in [0.1, 0.15) is 9.49 Å². The Bertz CT molecular complexity index is 1680. The quantitative estimate of drug-likeness (QED) is 0.252. The number of hydrogen-bond donors (Lipinski definition) is 2. The second-order valence-electron chi connectivity index (χ2n) is 13.3. The van der Waals surface area contributed by atoms with E-state index in [1.165, 1.54) is 39.0 Å². The van der Waals surface area contributed by atoms with Gasteiger partial charge in [0.15, 0.2) is 24.8 Å². The smallest absolute Gasteiger partial charge is 0.247 e. The number of hydrogen-bond acceptors (Lipinski definition) is 8. The highest BCUT2D eigenvalue weighted by atomic mass is 32.2. The molecule has 45 heavy (non-hydrogen) atoms. The summed E-state index contributed by atoms with van der Waals surface area (Å²) in [4.78, 5) is 29.1. The first-order valence-corrected chi connectivity index (χ1v) is 18.6. The van der Waals surface area contributed by atoms with Gasteiger partial charge in [0.05, 0.1) is 16.2 Å². The van der Waals surface area contributed by atoms with Gasteiger partial charge in [-0.3, -0.25) is 9.59 Å². The lowest BCUT2D eigenvalue weighted by molar-refractivity contribution is -0.118. The molecule has 0 unspecified atom stereocenters. The Hall–Kier alpha value is -3.09. The summed E-state index contributed by atoms with van der Waals surface area (Å²) in [6, 6.07) is 17.1. The van der Waals surface area contributed by atoms with Gasteiger partial charge in [-0.25, -0.2) is 21.8 Å². The maximum Gasteiger partial charge on any atom is 0.247 e. The molecule has 2 N–H and O–H groups in total. The monoisotopic (exact) mass is 677 g/mol. The molecule has 2 aromatic carbocycles. The average molecular weight is 678 g/mol. The van der Waals surface area contributed by atoms with Crippen LogP contribution in [0.1, 0.15) is 81.7 Å². The number of sulfone groups is 2. The maximum atomic E-state index is 12.4. The van der Waals surface area contributed by atoms with Crippen LogP contribution < -0.4 is 10.6 Å². The fourth-order valence-corrected chi connectivity index (χ4v) is 7.78. The molecule has 0 aliphatic heterocycles. The van der Waals surface area contributed by atoms with Crippen LogP contribution in [0.15, 0.2) is 60.0 Å². The van der Waals surface area contributed by atoms with Crippen LogP contribution in [-0.4, -0.2) is 53.6 Å². The van der Waals surface area contributed by atoms with Gasteiger partial charge in [-0.05, 0) is 78.5 Å². The minimum atomic E-state index is -3.58. The van der Waals surface area contributed by atoms with E-state index in [4.69, 9.17) is 0 Å². The molecule has 12 heteroatoms. The molecule has 0 bridgehead atoms. The van der Waals surface area contributed by atoms with Gasteiger partial charge >= 0.3 is 0 Å². The van der Waals surface area contributed by atoms with Crippen molar-refractivity contribution in [2.75, 3.05) is 10.6 Å². The van der Waals surface area contributed by atoms with Crippen molar-refractivity contribution >= 4 is 53.6 Å². The lowest BCUT2D eigenvalue weighted by Crippen LogP contribution is -2.47. The lowest BCUT2D eigenvalue weighted by atomic mass is 9.87. The van der Waals surface area contributed by atoms with Crippen LogP contribution in [0.25, 0.3) is 11.3 Å². The van der Waals surface area contributed by atoms with Gasteiger partial charge in [0.25, 0.3) is 0 Å². The second kappa shape index (κ2) is 14.1. The molecule has 3 rings (SSSR count). The minimum absolute atomic E-state index is 0.0305. The zero-order valence-corrected chi connectivity index (χ0v) is 30.5. The third-order valence-electron chi connectivity index (χ3n) is 7.56. The van der Waals surface area contributed by atoms with Crippen molar-refractivity contribution in [2.24, 2.45) is 0 Å². The van der Waals surface area contributed by atoms with Crippen LogP contribution in [0.3, 0.4) is 0 Å². The van der Waals surface area contributed by atoms with Gasteiger partial charge < -0.3 is 10.6 Å². The molecule has 3 aromatic rings. The number of rotatable bonds is 9. The van der Waals surface area contributed by atoms with E-state index in [0.29, 0.717) is 10.8 Å². The number of aromatic nitrogens is 1. The molecule has 0 aliphatic rings. The SMILES string of the molecule is CC(C)S(=O)(=O)C(C)(C)C(=O)Nc1ccc(C(C)(C)C)cc1.CC(C)S(=O)(=O)C(C)(C)C(=O)Nc1nc(-c2ccccc2)cs1. The molecule has 1 aromatic heterocycles. The number of nitrogens with one attached hydrogen (secondary N) is 2. The van der Waals surface area contributed by atoms with Gasteiger partial charge in [-0.2, -0.15) is 0 Å². The van der Waals surface area contributed by atoms with Crippen molar-refractivity contribution in [3.63, 3.8) is 0 Å². The molecular weight excluding hydrogens is 631 g/mol. The summed E-state index contributed by atoms with van der Waals surface area (Å²) in [5.74, 6) is -1.08. The third-order valence-corrected chi connectivity index (χ3v) is 14.0. The topological polar surface area (TPSA) is 139 Å². The first kappa shape index (κ1) is 38.1. The molecule has 0 saturated carbocycles. The standard InChI is InChI=1S/C17H27NO3S.C16H20N2O3S2/c1-12(2)22(20,21)17(6,7)15(19)18-14-10-8-13(9-11-14)16(3,4)5;1-11(2)23(20,21)16(3,4)14(19)18-15-17-13(10-22-15)12-8-6-5-7-9-12/h8-12H,1-7H3,(H,18,19);5-11H,1-4H3,(H,17,18,19). The number of thiazole rings is 1. The third kappa shape index (κ3) is 8.80. The summed E-state index contributed by atoms with van der Waals surface area (Å²) < 4.78 is 46.3. The van der Waals surface area contributed by atoms with Crippen molar-refractivity contribution in [3.05, 3.63) is 65.5 Å². The lowest BCUT2D eigenvalue weighted by Gasteiger charge is -2.26. The molecule has 0 saturated heterocycles. The number of benzene rings is 2. The van der Waals surface area contributed by atoms with Crippen LogP contribution in [0, 0.1) is 0 Å². The van der Waals surface area contributed by atoms with Crippen molar-refractivity contribution in [2.45, 2.75) is 102 Å². The average Bonchev–Trinajstić information content (AvgIpc) is 3.41. The normalized spacial score (nSPS) is 12.8. The van der Waals surface area contributed by atoms with E-state index in [1.54, 1.807) is 39.8 Å². The van der Waals surface area contributed by atoms with Crippen LogP contribution >= 0.6 is 11.3 Å². The zero-order valence-electron chi connectivity index (χ0n) is 28.0. The minimum Gasteiger partial charge on any atom is -0.325 e. The molecule has 0 atom stereocenters. The number of carbonyl (C=O) groups is 2. The largest absolute Gasteiger partial charge is 0.325 e. The number of nitrogens with zero attached hydrogens (tertiary/aromatic N) is 1. The van der Waals surface area contributed by atoms with Crippen molar-refractivity contribution in [1.82, 2.24) is 4.98 Å². The summed E-state index contributed by atoms with van der Waals surface area (Å²) in [7, 11) is -7.12. The highest BCUT2D eigenvalue weighted by Gasteiger charge is 2.44. The van der Waals surface area contributed by atoms with Crippen LogP contribution in [0.5, 0.6) is 0 Å². The molecule has 0 radical (unpaired) electrons. The first-order chi connectivity index (χ1) is 20.5. The van der Waals surface area contributed by atoms with Gasteiger partial charge in [-0.15, -0.1) is 11.3 Å². The molecule has 9 nitrogen and oxygen atoms in total. The van der Waals surface area contributed by atoms with Crippen LogP contribution in [0.2, 0.25) is 0 Å². The number of anilines is 2. The Morgan fingerprint density at radius 2 is 1.13 bits per heavy atom. The van der Waals surface area contributed by atoms with E-state index < -0.39 is 51.5 Å². The summed E-state index contributed by atoms with van der Waals surface area (Å²) in [5.41, 5.74) is 3.47. The maximum absolute atomic E-state index is 12.4. The van der Waals surface area contributed by atoms with Crippen molar-refractivity contribution in [3.8, 4) is 11.3 Å². The predicted molar refractivity (Wildman–Crippen MR) is 186 cm³/mol. The fraction of sp³-hybridized carbons (Fsp3) is 0.485. The van der Waals surface area contributed by atoms with E-state index in [0.717, 1.165) is 16.8 Å². The Labute approximate surface area is 273 Å². The van der Waals surface area contributed by atoms with Gasteiger partial charge in [0, 0.05) is 16.6 Å². The highest BCUT2D eigenvalue weighted by Crippen LogP contribution is 2.29. The highest BCUT2D eigenvalue weighted by molar-refractivity contribution is 7.94. The Balaban J connectivity index is 0.000000314. The summed E-state index contributed by atoms with van der Waals surface area (Å²) in [5, 5.41) is 6.32. The fourth-order valence-electron chi connectivity index (χ4n) is 4.09. The van der Waals surface area contributed by atoms with Gasteiger partial charge in [-0.1, -0.05) is 63.2 Å².